The van der Waals surface area contributed by atoms with E-state index in [1.807, 2.05) is 0 Å². The summed E-state index contributed by atoms with van der Waals surface area (Å²) in [6, 6.07) is 0.384. The fraction of sp³-hybridized carbons (Fsp3) is 1.00. The number of fused-ring (bicyclic) bond motifs is 2. The van der Waals surface area contributed by atoms with Crippen molar-refractivity contribution in [3.8, 4) is 0 Å². The van der Waals surface area contributed by atoms with Gasteiger partial charge in [0.25, 0.3) is 8.53 Å². The van der Waals surface area contributed by atoms with Crippen LogP contribution in [0.3, 0.4) is 0 Å². The highest BCUT2D eigenvalue weighted by atomic mass is 31.2. The Labute approximate surface area is 136 Å². The minimum atomic E-state index is -0.936. The van der Waals surface area contributed by atoms with Crippen molar-refractivity contribution in [2.45, 2.75) is 88.6 Å². The van der Waals surface area contributed by atoms with Gasteiger partial charge in [0.2, 0.25) is 0 Å². The lowest BCUT2D eigenvalue weighted by atomic mass is 9.86. The van der Waals surface area contributed by atoms with Crippen molar-refractivity contribution in [1.82, 2.24) is 4.67 Å². The van der Waals surface area contributed by atoms with Crippen LogP contribution in [0.25, 0.3) is 0 Å². The van der Waals surface area contributed by atoms with Crippen LogP contribution in [-0.4, -0.2) is 48.9 Å². The number of ether oxygens (including phenoxy) is 1. The van der Waals surface area contributed by atoms with Gasteiger partial charge in [-0.1, -0.05) is 26.7 Å². The van der Waals surface area contributed by atoms with Gasteiger partial charge in [0.15, 0.2) is 0 Å². The van der Waals surface area contributed by atoms with Crippen molar-refractivity contribution in [2.24, 2.45) is 5.92 Å². The van der Waals surface area contributed by atoms with Gasteiger partial charge in [-0.3, -0.25) is 0 Å². The fourth-order valence-corrected chi connectivity index (χ4v) is 7.03. The van der Waals surface area contributed by atoms with Crippen LogP contribution < -0.4 is 0 Å². The largest absolute Gasteiger partial charge is 0.382 e. The maximum absolute atomic E-state index is 6.59. The highest BCUT2D eigenvalue weighted by molar-refractivity contribution is 7.45. The van der Waals surface area contributed by atoms with E-state index >= 15 is 0 Å². The van der Waals surface area contributed by atoms with E-state index in [-0.39, 0.29) is 29.7 Å². The third-order valence-corrected chi connectivity index (χ3v) is 7.94. The Morgan fingerprint density at radius 3 is 2.82 bits per heavy atom. The summed E-state index contributed by atoms with van der Waals surface area (Å²) in [6.07, 6.45) is 8.72. The molecule has 2 radical (unpaired) electrons. The molecule has 4 nitrogen and oxygen atoms in total. The van der Waals surface area contributed by atoms with Crippen LogP contribution in [0.2, 0.25) is 0 Å². The van der Waals surface area contributed by atoms with E-state index in [2.05, 4.69) is 18.5 Å². The molecular formula is C16H27BNO3P. The van der Waals surface area contributed by atoms with Crippen LogP contribution in [0.5, 0.6) is 0 Å². The molecular weight excluding hydrogens is 296 g/mol. The molecule has 0 aromatic rings. The van der Waals surface area contributed by atoms with Gasteiger partial charge in [-0.15, -0.1) is 0 Å². The zero-order valence-corrected chi connectivity index (χ0v) is 14.6. The highest BCUT2D eigenvalue weighted by Crippen LogP contribution is 2.64. The molecule has 0 amide bonds. The van der Waals surface area contributed by atoms with E-state index in [0.717, 1.165) is 13.0 Å². The second-order valence-corrected chi connectivity index (χ2v) is 8.78. The topological polar surface area (TPSA) is 30.9 Å². The summed E-state index contributed by atoms with van der Waals surface area (Å²) in [6.45, 7) is 5.41. The molecule has 4 fully saturated rings. The predicted octanol–water partition coefficient (Wildman–Crippen LogP) is 3.35. The van der Waals surface area contributed by atoms with E-state index in [4.69, 9.17) is 21.6 Å². The summed E-state index contributed by atoms with van der Waals surface area (Å²) in [5.41, 5.74) is 0.0920. The Morgan fingerprint density at radius 2 is 2.09 bits per heavy atom. The summed E-state index contributed by atoms with van der Waals surface area (Å²) >= 11 is 0. The Bertz CT molecular complexity index is 420. The molecule has 6 heteroatoms. The highest BCUT2D eigenvalue weighted by Gasteiger charge is 2.58. The summed E-state index contributed by atoms with van der Waals surface area (Å²) in [5, 5.41) is 0. The minimum absolute atomic E-state index is 0.0731. The Morgan fingerprint density at radius 1 is 1.32 bits per heavy atom. The third-order valence-electron chi connectivity index (χ3n) is 6.10. The number of nitrogens with zero attached hydrogens (tertiary/aromatic N) is 1. The average Bonchev–Trinajstić information content (AvgIpc) is 3.24. The van der Waals surface area contributed by atoms with Gasteiger partial charge < -0.3 is 13.8 Å². The van der Waals surface area contributed by atoms with Gasteiger partial charge in [-0.25, -0.2) is 4.67 Å². The summed E-state index contributed by atoms with van der Waals surface area (Å²) in [5.74, 6) is 0.234. The standard InChI is InChI=1S/C16H27BNO3P/c1-3-12-14(11(2)15(17)19-12)20-22-18-10-6-7-13(18)16(21-22)8-4-5-9-16/h11-15H,3-10H2,1-2H3/t11?,12-,13+,14-,15-,22+/m1/s1. The number of hydrogen-bond acceptors (Lipinski definition) is 4. The molecule has 4 rings (SSSR count). The first-order chi connectivity index (χ1) is 10.6. The first-order valence-electron chi connectivity index (χ1n) is 8.98. The van der Waals surface area contributed by atoms with Crippen molar-refractivity contribution in [1.29, 1.82) is 0 Å². The monoisotopic (exact) mass is 323 g/mol. The summed E-state index contributed by atoms with van der Waals surface area (Å²) in [7, 11) is 5.15. The molecule has 1 aliphatic carbocycles. The minimum Gasteiger partial charge on any atom is -0.382 e. The molecule has 0 aromatic carbocycles. The molecule has 122 valence electrons. The molecule has 4 aliphatic rings. The molecule has 6 atom stereocenters. The van der Waals surface area contributed by atoms with Crippen molar-refractivity contribution in [2.75, 3.05) is 6.54 Å². The Balaban J connectivity index is 1.51. The smallest absolute Gasteiger partial charge is 0.260 e. The van der Waals surface area contributed by atoms with Gasteiger partial charge >= 0.3 is 0 Å². The average molecular weight is 323 g/mol. The molecule has 22 heavy (non-hydrogen) atoms. The van der Waals surface area contributed by atoms with Crippen LogP contribution >= 0.6 is 8.53 Å². The predicted molar refractivity (Wildman–Crippen MR) is 87.7 cm³/mol. The summed E-state index contributed by atoms with van der Waals surface area (Å²) < 4.78 is 21.5. The van der Waals surface area contributed by atoms with Gasteiger partial charge in [-0.05, 0) is 32.1 Å². The van der Waals surface area contributed by atoms with E-state index in [1.54, 1.807) is 0 Å². The summed E-state index contributed by atoms with van der Waals surface area (Å²) in [4.78, 5) is 0. The van der Waals surface area contributed by atoms with Gasteiger partial charge in [0.05, 0.1) is 17.8 Å². The number of hydrogen-bond donors (Lipinski definition) is 0. The molecule has 0 bridgehead atoms. The Kier molecular flexibility index (Phi) is 4.32. The molecule has 0 N–H and O–H groups in total. The number of rotatable bonds is 3. The maximum Gasteiger partial charge on any atom is 0.260 e. The van der Waals surface area contributed by atoms with Gasteiger partial charge in [0, 0.05) is 24.5 Å². The Hall–Kier alpha value is 0.335. The zero-order chi connectivity index (χ0) is 15.3. The van der Waals surface area contributed by atoms with Crippen molar-refractivity contribution < 1.29 is 13.8 Å². The van der Waals surface area contributed by atoms with Crippen LogP contribution in [0, 0.1) is 5.92 Å². The second kappa shape index (κ2) is 6.00. The molecule has 3 aliphatic heterocycles. The molecule has 3 saturated heterocycles. The first-order valence-corrected chi connectivity index (χ1v) is 10.1. The quantitative estimate of drug-likeness (QED) is 0.589. The van der Waals surface area contributed by atoms with E-state index < -0.39 is 8.53 Å². The van der Waals surface area contributed by atoms with Crippen LogP contribution in [-0.2, 0) is 13.8 Å². The van der Waals surface area contributed by atoms with E-state index in [1.165, 1.54) is 38.5 Å². The van der Waals surface area contributed by atoms with Gasteiger partial charge in [0.1, 0.15) is 7.85 Å². The third kappa shape index (κ3) is 2.40. The van der Waals surface area contributed by atoms with E-state index in [0.29, 0.717) is 6.04 Å². The van der Waals surface area contributed by atoms with Gasteiger partial charge in [-0.2, -0.15) is 0 Å². The molecule has 3 heterocycles. The molecule has 0 aromatic heterocycles. The SMILES string of the molecule is [B][C@@H]1O[C@H](CC)[C@H](O[P@@]2OC3(CCCC3)[C@@H]3CCCN32)C1C. The van der Waals surface area contributed by atoms with Crippen molar-refractivity contribution in [3.63, 3.8) is 0 Å². The van der Waals surface area contributed by atoms with Crippen LogP contribution in [0.15, 0.2) is 0 Å². The van der Waals surface area contributed by atoms with E-state index in [9.17, 15) is 0 Å². The lowest BCUT2D eigenvalue weighted by Gasteiger charge is -2.28. The second-order valence-electron chi connectivity index (χ2n) is 7.40. The molecule has 1 unspecified atom stereocenters. The van der Waals surface area contributed by atoms with Crippen molar-refractivity contribution in [3.05, 3.63) is 0 Å². The lowest BCUT2D eigenvalue weighted by molar-refractivity contribution is 0.0275. The maximum atomic E-state index is 6.59. The van der Waals surface area contributed by atoms with Crippen molar-refractivity contribution >= 4 is 16.4 Å². The molecule has 1 spiro atoms. The normalized spacial score (nSPS) is 47.5. The zero-order valence-electron chi connectivity index (χ0n) is 13.7. The first kappa shape index (κ1) is 15.8. The fourth-order valence-electron chi connectivity index (χ4n) is 4.76. The van der Waals surface area contributed by atoms with Crippen LogP contribution in [0.1, 0.15) is 58.8 Å². The molecule has 1 saturated carbocycles. The van der Waals surface area contributed by atoms with Crippen LogP contribution in [0.4, 0.5) is 0 Å². The lowest BCUT2D eigenvalue weighted by Crippen LogP contribution is -2.39.